The zero-order chi connectivity index (χ0) is 16.8. The smallest absolute Gasteiger partial charge is 0.245 e. The van der Waals surface area contributed by atoms with Gasteiger partial charge in [0.25, 0.3) is 0 Å². The van der Waals surface area contributed by atoms with Gasteiger partial charge in [-0.15, -0.1) is 0 Å². The minimum absolute atomic E-state index is 0.130. The van der Waals surface area contributed by atoms with Crippen LogP contribution in [-0.2, 0) is 11.2 Å². The summed E-state index contributed by atoms with van der Waals surface area (Å²) in [6.07, 6.45) is 2.59. The number of benzene rings is 2. The molecule has 2 N–H and O–H groups in total. The number of hydrazine groups is 1. The van der Waals surface area contributed by atoms with Crippen LogP contribution >= 0.6 is 0 Å². The van der Waals surface area contributed by atoms with Gasteiger partial charge >= 0.3 is 0 Å². The number of carbonyl (C=O) groups is 1. The molecule has 24 heavy (non-hydrogen) atoms. The summed E-state index contributed by atoms with van der Waals surface area (Å²) in [6.45, 7) is 0. The van der Waals surface area contributed by atoms with Gasteiger partial charge in [0.2, 0.25) is 17.7 Å². The maximum absolute atomic E-state index is 11.9. The minimum atomic E-state index is -0.130. The Hall–Kier alpha value is -3.15. The summed E-state index contributed by atoms with van der Waals surface area (Å²) >= 11 is 0. The topological polar surface area (TPSA) is 76.1 Å². The quantitative estimate of drug-likeness (QED) is 0.682. The third-order valence-electron chi connectivity index (χ3n) is 3.61. The van der Waals surface area contributed by atoms with Gasteiger partial charge in [-0.1, -0.05) is 42.5 Å². The summed E-state index contributed by atoms with van der Waals surface area (Å²) in [4.78, 5) is 20.0. The Balaban J connectivity index is 1.52. The van der Waals surface area contributed by atoms with E-state index >= 15 is 0 Å². The van der Waals surface area contributed by atoms with E-state index in [1.807, 2.05) is 18.2 Å². The minimum Gasteiger partial charge on any atom is -0.481 e. The number of carbonyl (C=O) groups excluding carboxylic acids is 1. The van der Waals surface area contributed by atoms with Crippen molar-refractivity contribution in [3.05, 3.63) is 60.3 Å². The van der Waals surface area contributed by atoms with Crippen molar-refractivity contribution in [3.63, 3.8) is 0 Å². The van der Waals surface area contributed by atoms with Crippen molar-refractivity contribution in [2.24, 2.45) is 0 Å². The lowest BCUT2D eigenvalue weighted by Crippen LogP contribution is -2.30. The number of ether oxygens (including phenoxy) is 1. The molecule has 0 fully saturated rings. The van der Waals surface area contributed by atoms with Crippen molar-refractivity contribution in [2.45, 2.75) is 12.8 Å². The summed E-state index contributed by atoms with van der Waals surface area (Å²) < 4.78 is 5.00. The number of nitrogens with zero attached hydrogens (tertiary/aromatic N) is 2. The lowest BCUT2D eigenvalue weighted by Gasteiger charge is -2.08. The number of aromatic nitrogens is 2. The lowest BCUT2D eigenvalue weighted by molar-refractivity contribution is -0.120. The third kappa shape index (κ3) is 3.98. The summed E-state index contributed by atoms with van der Waals surface area (Å²) in [5.74, 6) is 0.584. The highest BCUT2D eigenvalue weighted by molar-refractivity contribution is 5.83. The SMILES string of the molecule is COc1ccnc(NNC(=O)CCc2ccc3ccccc3c2)n1. The average Bonchev–Trinajstić information content (AvgIpc) is 2.64. The monoisotopic (exact) mass is 322 g/mol. The van der Waals surface area contributed by atoms with Gasteiger partial charge in [-0.2, -0.15) is 4.98 Å². The molecule has 1 amide bonds. The first-order valence-corrected chi connectivity index (χ1v) is 7.64. The number of hydrogen-bond acceptors (Lipinski definition) is 5. The highest BCUT2D eigenvalue weighted by Gasteiger charge is 2.04. The van der Waals surface area contributed by atoms with Crippen LogP contribution in [0.2, 0.25) is 0 Å². The summed E-state index contributed by atoms with van der Waals surface area (Å²) in [5, 5.41) is 2.38. The molecule has 0 saturated carbocycles. The Morgan fingerprint density at radius 3 is 2.79 bits per heavy atom. The molecule has 1 aromatic heterocycles. The van der Waals surface area contributed by atoms with Crippen LogP contribution in [0.5, 0.6) is 5.88 Å². The van der Waals surface area contributed by atoms with Crippen molar-refractivity contribution < 1.29 is 9.53 Å². The molecule has 0 radical (unpaired) electrons. The molecule has 0 aliphatic carbocycles. The second-order valence-corrected chi connectivity index (χ2v) is 5.28. The van der Waals surface area contributed by atoms with Crippen LogP contribution in [0, 0.1) is 0 Å². The van der Waals surface area contributed by atoms with E-state index in [9.17, 15) is 4.79 Å². The summed E-state index contributed by atoms with van der Waals surface area (Å²) in [5.41, 5.74) is 6.40. The Labute approximate surface area is 139 Å². The molecular formula is C18H18N4O2. The standard InChI is InChI=1S/C18H18N4O2/c1-24-17-10-11-19-18(20-17)22-21-16(23)9-7-13-6-8-14-4-2-3-5-15(14)12-13/h2-6,8,10-12H,7,9H2,1H3,(H,21,23)(H,19,20,22). The summed E-state index contributed by atoms with van der Waals surface area (Å²) in [7, 11) is 1.52. The molecule has 3 rings (SSSR count). The van der Waals surface area contributed by atoms with E-state index in [0.29, 0.717) is 18.7 Å². The van der Waals surface area contributed by atoms with Gasteiger partial charge in [-0.25, -0.2) is 4.98 Å². The van der Waals surface area contributed by atoms with Crippen LogP contribution in [0.25, 0.3) is 10.8 Å². The Kier molecular flexibility index (Phi) is 4.86. The molecule has 0 aliphatic heterocycles. The van der Waals surface area contributed by atoms with Gasteiger partial charge in [0.15, 0.2) is 0 Å². The van der Waals surface area contributed by atoms with Crippen LogP contribution < -0.4 is 15.6 Å². The van der Waals surface area contributed by atoms with Gasteiger partial charge in [-0.05, 0) is 22.8 Å². The zero-order valence-corrected chi connectivity index (χ0v) is 13.3. The van der Waals surface area contributed by atoms with Gasteiger partial charge in [0.05, 0.1) is 7.11 Å². The number of aryl methyl sites for hydroxylation is 1. The van der Waals surface area contributed by atoms with Crippen molar-refractivity contribution in [3.8, 4) is 5.88 Å². The molecule has 0 spiro atoms. The van der Waals surface area contributed by atoms with Crippen molar-refractivity contribution in [2.75, 3.05) is 12.5 Å². The van der Waals surface area contributed by atoms with Crippen LogP contribution in [0.3, 0.4) is 0 Å². The van der Waals surface area contributed by atoms with E-state index in [2.05, 4.69) is 45.1 Å². The Morgan fingerprint density at radius 1 is 1.12 bits per heavy atom. The van der Waals surface area contributed by atoms with E-state index in [4.69, 9.17) is 4.74 Å². The van der Waals surface area contributed by atoms with Crippen LogP contribution in [-0.4, -0.2) is 23.0 Å². The predicted molar refractivity (Wildman–Crippen MR) is 92.6 cm³/mol. The van der Waals surface area contributed by atoms with Crippen molar-refractivity contribution in [1.82, 2.24) is 15.4 Å². The number of amides is 1. The number of rotatable bonds is 6. The first kappa shape index (κ1) is 15.7. The number of hydrogen-bond donors (Lipinski definition) is 2. The Morgan fingerprint density at radius 2 is 1.96 bits per heavy atom. The molecule has 0 bridgehead atoms. The highest BCUT2D eigenvalue weighted by Crippen LogP contribution is 2.16. The molecule has 3 aromatic rings. The Bertz CT molecular complexity index is 851. The average molecular weight is 322 g/mol. The number of fused-ring (bicyclic) bond motifs is 1. The molecule has 1 heterocycles. The van der Waals surface area contributed by atoms with Crippen molar-refractivity contribution >= 4 is 22.6 Å². The first-order chi connectivity index (χ1) is 11.7. The van der Waals surface area contributed by atoms with Crippen LogP contribution in [0.4, 0.5) is 5.95 Å². The molecule has 0 aliphatic rings. The molecule has 0 saturated heterocycles. The van der Waals surface area contributed by atoms with E-state index in [-0.39, 0.29) is 11.9 Å². The number of anilines is 1. The van der Waals surface area contributed by atoms with E-state index in [1.165, 1.54) is 17.9 Å². The second kappa shape index (κ2) is 7.41. The fourth-order valence-electron chi connectivity index (χ4n) is 2.36. The largest absolute Gasteiger partial charge is 0.481 e. The fraction of sp³-hybridized carbons (Fsp3) is 0.167. The molecule has 122 valence electrons. The van der Waals surface area contributed by atoms with E-state index in [0.717, 1.165) is 5.56 Å². The molecule has 2 aromatic carbocycles. The molecular weight excluding hydrogens is 304 g/mol. The fourth-order valence-corrected chi connectivity index (χ4v) is 2.36. The van der Waals surface area contributed by atoms with Crippen LogP contribution in [0.1, 0.15) is 12.0 Å². The van der Waals surface area contributed by atoms with E-state index in [1.54, 1.807) is 12.3 Å². The number of methoxy groups -OCH3 is 1. The van der Waals surface area contributed by atoms with Gasteiger partial charge in [0.1, 0.15) is 0 Å². The zero-order valence-electron chi connectivity index (χ0n) is 13.3. The van der Waals surface area contributed by atoms with Crippen molar-refractivity contribution in [1.29, 1.82) is 0 Å². The summed E-state index contributed by atoms with van der Waals surface area (Å²) in [6, 6.07) is 16.0. The molecule has 0 unspecified atom stereocenters. The van der Waals surface area contributed by atoms with Gasteiger partial charge in [-0.3, -0.25) is 15.6 Å². The van der Waals surface area contributed by atoms with Crippen LogP contribution in [0.15, 0.2) is 54.7 Å². The highest BCUT2D eigenvalue weighted by atomic mass is 16.5. The molecule has 6 heteroatoms. The number of nitrogens with one attached hydrogen (secondary N) is 2. The maximum Gasteiger partial charge on any atom is 0.245 e. The van der Waals surface area contributed by atoms with Gasteiger partial charge < -0.3 is 4.74 Å². The lowest BCUT2D eigenvalue weighted by atomic mass is 10.0. The van der Waals surface area contributed by atoms with E-state index < -0.39 is 0 Å². The third-order valence-corrected chi connectivity index (χ3v) is 3.61. The normalized spacial score (nSPS) is 10.4. The predicted octanol–water partition coefficient (Wildman–Crippen LogP) is 2.71. The maximum atomic E-state index is 11.9. The molecule has 0 atom stereocenters. The second-order valence-electron chi connectivity index (χ2n) is 5.28. The first-order valence-electron chi connectivity index (χ1n) is 7.64. The molecule has 6 nitrogen and oxygen atoms in total. The van der Waals surface area contributed by atoms with Gasteiger partial charge in [0, 0.05) is 18.7 Å².